The highest BCUT2D eigenvalue weighted by Crippen LogP contribution is 2.20. The van der Waals surface area contributed by atoms with Crippen molar-refractivity contribution >= 4 is 33.4 Å². The van der Waals surface area contributed by atoms with Crippen LogP contribution in [-0.4, -0.2) is 54.3 Å². The summed E-state index contributed by atoms with van der Waals surface area (Å²) >= 11 is 3.24. The van der Waals surface area contributed by atoms with E-state index < -0.39 is 0 Å². The second-order valence-corrected chi connectivity index (χ2v) is 6.96. The van der Waals surface area contributed by atoms with E-state index in [1.807, 2.05) is 35.2 Å². The number of nitrogens with one attached hydrogen (secondary N) is 1. The van der Waals surface area contributed by atoms with Crippen LogP contribution >= 0.6 is 15.9 Å². The van der Waals surface area contributed by atoms with E-state index in [2.05, 4.69) is 21.2 Å². The third kappa shape index (κ3) is 4.68. The van der Waals surface area contributed by atoms with Crippen molar-refractivity contribution in [1.29, 1.82) is 0 Å². The number of benzene rings is 2. The highest BCUT2D eigenvalue weighted by Gasteiger charge is 2.24. The SMILES string of the molecule is O=C(CN1CCN(C(=O)c2ccc(F)cc2Br)CC1)Nc1ccccc1. The molecule has 2 amide bonds. The lowest BCUT2D eigenvalue weighted by Gasteiger charge is -2.34. The Morgan fingerprint density at radius 3 is 2.38 bits per heavy atom. The molecule has 1 aliphatic heterocycles. The van der Waals surface area contributed by atoms with Crippen LogP contribution in [0.3, 0.4) is 0 Å². The summed E-state index contributed by atoms with van der Waals surface area (Å²) in [5, 5.41) is 2.86. The lowest BCUT2D eigenvalue weighted by Crippen LogP contribution is -2.50. The molecule has 0 spiro atoms. The summed E-state index contributed by atoms with van der Waals surface area (Å²) < 4.78 is 13.6. The van der Waals surface area contributed by atoms with Crippen LogP contribution in [0, 0.1) is 5.82 Å². The molecule has 1 saturated heterocycles. The minimum atomic E-state index is -0.386. The molecule has 1 fully saturated rings. The molecular weight excluding hydrogens is 401 g/mol. The highest BCUT2D eigenvalue weighted by molar-refractivity contribution is 9.10. The van der Waals surface area contributed by atoms with E-state index in [9.17, 15) is 14.0 Å². The molecule has 1 aliphatic rings. The first-order valence-corrected chi connectivity index (χ1v) is 9.14. The lowest BCUT2D eigenvalue weighted by atomic mass is 10.1. The molecule has 0 bridgehead atoms. The second-order valence-electron chi connectivity index (χ2n) is 6.11. The van der Waals surface area contributed by atoms with E-state index in [4.69, 9.17) is 0 Å². The smallest absolute Gasteiger partial charge is 0.255 e. The number of rotatable bonds is 4. The molecule has 3 rings (SSSR count). The van der Waals surface area contributed by atoms with Crippen molar-refractivity contribution in [3.63, 3.8) is 0 Å². The zero-order valence-corrected chi connectivity index (χ0v) is 15.7. The van der Waals surface area contributed by atoms with Crippen LogP contribution < -0.4 is 5.32 Å². The van der Waals surface area contributed by atoms with Gasteiger partial charge in [-0.25, -0.2) is 4.39 Å². The molecule has 0 unspecified atom stereocenters. The Morgan fingerprint density at radius 2 is 1.73 bits per heavy atom. The van der Waals surface area contributed by atoms with Crippen molar-refractivity contribution in [3.8, 4) is 0 Å². The average molecular weight is 420 g/mol. The van der Waals surface area contributed by atoms with Crippen molar-refractivity contribution in [2.24, 2.45) is 0 Å². The predicted octanol–water partition coefficient (Wildman–Crippen LogP) is 2.98. The van der Waals surface area contributed by atoms with Crippen LogP contribution in [0.2, 0.25) is 0 Å². The van der Waals surface area contributed by atoms with Gasteiger partial charge in [0, 0.05) is 36.3 Å². The van der Waals surface area contributed by atoms with E-state index in [1.165, 1.54) is 18.2 Å². The molecule has 2 aromatic carbocycles. The maximum absolute atomic E-state index is 13.2. The van der Waals surface area contributed by atoms with E-state index in [0.717, 1.165) is 5.69 Å². The second kappa shape index (κ2) is 8.42. The van der Waals surface area contributed by atoms with Gasteiger partial charge >= 0.3 is 0 Å². The number of para-hydroxylation sites is 1. The Bertz CT molecular complexity index is 793. The summed E-state index contributed by atoms with van der Waals surface area (Å²) in [5.74, 6) is -0.592. The molecule has 0 atom stereocenters. The first kappa shape index (κ1) is 18.5. The minimum Gasteiger partial charge on any atom is -0.336 e. The number of carbonyl (C=O) groups is 2. The fraction of sp³-hybridized carbons (Fsp3) is 0.263. The highest BCUT2D eigenvalue weighted by atomic mass is 79.9. The summed E-state index contributed by atoms with van der Waals surface area (Å²) in [5.41, 5.74) is 1.22. The van der Waals surface area contributed by atoms with E-state index in [1.54, 1.807) is 4.90 Å². The summed E-state index contributed by atoms with van der Waals surface area (Å²) in [4.78, 5) is 28.4. The monoisotopic (exact) mass is 419 g/mol. The average Bonchev–Trinajstić information content (AvgIpc) is 2.62. The number of nitrogens with zero attached hydrogens (tertiary/aromatic N) is 2. The number of anilines is 1. The van der Waals surface area contributed by atoms with Gasteiger partial charge in [-0.05, 0) is 46.3 Å². The van der Waals surface area contributed by atoms with E-state index in [0.29, 0.717) is 36.2 Å². The molecule has 0 radical (unpaired) electrons. The van der Waals surface area contributed by atoms with Gasteiger partial charge in [0.15, 0.2) is 0 Å². The molecular formula is C19H19BrFN3O2. The zero-order valence-electron chi connectivity index (χ0n) is 14.1. The van der Waals surface area contributed by atoms with Gasteiger partial charge < -0.3 is 10.2 Å². The van der Waals surface area contributed by atoms with Crippen molar-refractivity contribution in [3.05, 3.63) is 64.4 Å². The summed E-state index contributed by atoms with van der Waals surface area (Å²) in [6.45, 7) is 2.58. The maximum Gasteiger partial charge on any atom is 0.255 e. The van der Waals surface area contributed by atoms with Gasteiger partial charge in [-0.3, -0.25) is 14.5 Å². The Balaban J connectivity index is 1.51. The van der Waals surface area contributed by atoms with Gasteiger partial charge in [-0.2, -0.15) is 0 Å². The Kier molecular flexibility index (Phi) is 6.00. The largest absolute Gasteiger partial charge is 0.336 e. The number of hydrogen-bond donors (Lipinski definition) is 1. The Labute approximate surface area is 159 Å². The molecule has 5 nitrogen and oxygen atoms in total. The lowest BCUT2D eigenvalue weighted by molar-refractivity contribution is -0.117. The molecule has 1 heterocycles. The number of piperazine rings is 1. The van der Waals surface area contributed by atoms with Gasteiger partial charge in [-0.1, -0.05) is 18.2 Å². The standard InChI is InChI=1S/C19H19BrFN3O2/c20-17-12-14(21)6-7-16(17)19(26)24-10-8-23(9-11-24)13-18(25)22-15-4-2-1-3-5-15/h1-7,12H,8-11,13H2,(H,22,25). The van der Waals surface area contributed by atoms with E-state index in [-0.39, 0.29) is 24.2 Å². The molecule has 136 valence electrons. The van der Waals surface area contributed by atoms with Crippen LogP contribution in [0.1, 0.15) is 10.4 Å². The van der Waals surface area contributed by atoms with Crippen molar-refractivity contribution in [2.45, 2.75) is 0 Å². The number of hydrogen-bond acceptors (Lipinski definition) is 3. The maximum atomic E-state index is 13.2. The van der Waals surface area contributed by atoms with Crippen molar-refractivity contribution < 1.29 is 14.0 Å². The molecule has 1 N–H and O–H groups in total. The quantitative estimate of drug-likeness (QED) is 0.828. The van der Waals surface area contributed by atoms with E-state index >= 15 is 0 Å². The number of carbonyl (C=O) groups excluding carboxylic acids is 2. The molecule has 26 heavy (non-hydrogen) atoms. The van der Waals surface area contributed by atoms with Gasteiger partial charge in [0.2, 0.25) is 5.91 Å². The Hall–Kier alpha value is -2.25. The fourth-order valence-electron chi connectivity index (χ4n) is 2.87. The predicted molar refractivity (Wildman–Crippen MR) is 102 cm³/mol. The van der Waals surface area contributed by atoms with Crippen LogP contribution in [0.15, 0.2) is 53.0 Å². The molecule has 7 heteroatoms. The third-order valence-electron chi connectivity index (χ3n) is 4.25. The van der Waals surface area contributed by atoms with Crippen molar-refractivity contribution in [1.82, 2.24) is 9.80 Å². The third-order valence-corrected chi connectivity index (χ3v) is 4.90. The molecule has 0 saturated carbocycles. The normalized spacial score (nSPS) is 14.9. The fourth-order valence-corrected chi connectivity index (χ4v) is 3.39. The number of amides is 2. The minimum absolute atomic E-state index is 0.0720. The zero-order chi connectivity index (χ0) is 18.5. The molecule has 0 aliphatic carbocycles. The molecule has 2 aromatic rings. The van der Waals surface area contributed by atoms with Gasteiger partial charge in [0.25, 0.3) is 5.91 Å². The van der Waals surface area contributed by atoms with Crippen LogP contribution in [0.5, 0.6) is 0 Å². The van der Waals surface area contributed by atoms with Crippen molar-refractivity contribution in [2.75, 3.05) is 38.0 Å². The van der Waals surface area contributed by atoms with Crippen LogP contribution in [0.25, 0.3) is 0 Å². The van der Waals surface area contributed by atoms with Gasteiger partial charge in [0.1, 0.15) is 5.82 Å². The van der Waals surface area contributed by atoms with Crippen LogP contribution in [0.4, 0.5) is 10.1 Å². The van der Waals surface area contributed by atoms with Crippen LogP contribution in [-0.2, 0) is 4.79 Å². The first-order valence-electron chi connectivity index (χ1n) is 8.34. The summed E-state index contributed by atoms with van der Waals surface area (Å²) in [6.07, 6.45) is 0. The molecule has 0 aromatic heterocycles. The topological polar surface area (TPSA) is 52.7 Å². The summed E-state index contributed by atoms with van der Waals surface area (Å²) in [6, 6.07) is 13.4. The number of halogens is 2. The van der Waals surface area contributed by atoms with Gasteiger partial charge in [0.05, 0.1) is 12.1 Å². The van der Waals surface area contributed by atoms with Gasteiger partial charge in [-0.15, -0.1) is 0 Å². The Morgan fingerprint density at radius 1 is 1.04 bits per heavy atom. The first-order chi connectivity index (χ1) is 12.5. The summed E-state index contributed by atoms with van der Waals surface area (Å²) in [7, 11) is 0.